The van der Waals surface area contributed by atoms with Crippen LogP contribution in [0.1, 0.15) is 31.9 Å². The number of benzene rings is 2. The molecule has 0 aliphatic heterocycles. The van der Waals surface area contributed by atoms with Crippen LogP contribution in [0.15, 0.2) is 29.8 Å². The van der Waals surface area contributed by atoms with Gasteiger partial charge in [-0.1, -0.05) is 25.1 Å². The zero-order valence-electron chi connectivity index (χ0n) is 16.0. The maximum Gasteiger partial charge on any atom is 0.333 e. The molecule has 0 bridgehead atoms. The molecule has 0 saturated heterocycles. The molecule has 0 radical (unpaired) electrons. The first kappa shape index (κ1) is 19.8. The van der Waals surface area contributed by atoms with Gasteiger partial charge in [0.25, 0.3) is 0 Å². The van der Waals surface area contributed by atoms with Gasteiger partial charge in [0.2, 0.25) is 0 Å². The van der Waals surface area contributed by atoms with Crippen molar-refractivity contribution in [2.24, 2.45) is 0 Å². The minimum Gasteiger partial charge on any atom is -0.493 e. The molecule has 140 valence electrons. The molecule has 0 aliphatic rings. The molecule has 0 heterocycles. The molecule has 0 fully saturated rings. The number of hydrogen-bond donors (Lipinski definition) is 0. The molecule has 0 unspecified atom stereocenters. The molecule has 0 N–H and O–H groups in total. The summed E-state index contributed by atoms with van der Waals surface area (Å²) in [6, 6.07) is 7.95. The highest BCUT2D eigenvalue weighted by Crippen LogP contribution is 2.41. The summed E-state index contributed by atoms with van der Waals surface area (Å²) in [5, 5.41) is 1.95. The van der Waals surface area contributed by atoms with Crippen LogP contribution < -0.4 is 9.47 Å². The highest BCUT2D eigenvalue weighted by Gasteiger charge is 2.17. The second kappa shape index (κ2) is 9.25. The molecular weight excluding hydrogens is 332 g/mol. The molecule has 5 heteroatoms. The van der Waals surface area contributed by atoms with Gasteiger partial charge in [-0.05, 0) is 48.9 Å². The average Bonchev–Trinajstić information content (AvgIpc) is 2.66. The van der Waals surface area contributed by atoms with Crippen molar-refractivity contribution in [1.29, 1.82) is 0 Å². The molecule has 0 aliphatic carbocycles. The van der Waals surface area contributed by atoms with Crippen molar-refractivity contribution >= 4 is 22.8 Å². The summed E-state index contributed by atoms with van der Waals surface area (Å²) in [7, 11) is 3.18. The number of esters is 1. The second-order valence-electron chi connectivity index (χ2n) is 5.79. The van der Waals surface area contributed by atoms with Gasteiger partial charge in [-0.2, -0.15) is 0 Å². The minimum absolute atomic E-state index is 0.126. The lowest BCUT2D eigenvalue weighted by Crippen LogP contribution is -2.05. The Labute approximate surface area is 154 Å². The van der Waals surface area contributed by atoms with Gasteiger partial charge in [0.15, 0.2) is 18.3 Å². The fourth-order valence-electron chi connectivity index (χ4n) is 2.88. The summed E-state index contributed by atoms with van der Waals surface area (Å²) in [5.41, 5.74) is 2.54. The van der Waals surface area contributed by atoms with Crippen LogP contribution in [0.4, 0.5) is 0 Å². The van der Waals surface area contributed by atoms with Crippen LogP contribution in [-0.2, 0) is 20.7 Å². The highest BCUT2D eigenvalue weighted by atomic mass is 16.7. The Balaban J connectivity index is 2.73. The van der Waals surface area contributed by atoms with E-state index in [4.69, 9.17) is 18.9 Å². The van der Waals surface area contributed by atoms with Crippen LogP contribution in [0.25, 0.3) is 16.8 Å². The summed E-state index contributed by atoms with van der Waals surface area (Å²) < 4.78 is 21.5. The molecule has 2 aromatic rings. The Bertz CT molecular complexity index is 808. The van der Waals surface area contributed by atoms with Gasteiger partial charge < -0.3 is 18.9 Å². The van der Waals surface area contributed by atoms with E-state index in [0.29, 0.717) is 23.7 Å². The molecule has 26 heavy (non-hydrogen) atoms. The smallest absolute Gasteiger partial charge is 0.333 e. The number of ether oxygens (including phenoxy) is 4. The largest absolute Gasteiger partial charge is 0.493 e. The number of rotatable bonds is 8. The first-order valence-corrected chi connectivity index (χ1v) is 8.67. The first-order valence-electron chi connectivity index (χ1n) is 8.67. The Morgan fingerprint density at radius 2 is 1.96 bits per heavy atom. The zero-order chi connectivity index (χ0) is 19.1. The quantitative estimate of drug-likeness (QED) is 0.399. The third-order valence-corrected chi connectivity index (χ3v) is 4.09. The lowest BCUT2D eigenvalue weighted by molar-refractivity contribution is -0.138. The molecule has 0 atom stereocenters. The van der Waals surface area contributed by atoms with Crippen molar-refractivity contribution in [3.05, 3.63) is 41.0 Å². The number of fused-ring (bicyclic) bond motifs is 1. The van der Waals surface area contributed by atoms with E-state index in [9.17, 15) is 4.79 Å². The molecule has 0 spiro atoms. The number of methoxy groups -OCH3 is 2. The predicted octanol–water partition coefficient (Wildman–Crippen LogP) is 4.36. The summed E-state index contributed by atoms with van der Waals surface area (Å²) in [5.74, 6) is 0.914. The van der Waals surface area contributed by atoms with E-state index in [1.807, 2.05) is 24.3 Å². The van der Waals surface area contributed by atoms with Crippen LogP contribution in [-0.4, -0.2) is 33.6 Å². The number of hydrogen-bond acceptors (Lipinski definition) is 5. The molecule has 0 saturated carbocycles. The van der Waals surface area contributed by atoms with E-state index in [1.54, 1.807) is 28.1 Å². The lowest BCUT2D eigenvalue weighted by atomic mass is 9.96. The number of aryl methyl sites for hydroxylation is 1. The topological polar surface area (TPSA) is 54.0 Å². The van der Waals surface area contributed by atoms with E-state index < -0.39 is 0 Å². The van der Waals surface area contributed by atoms with Crippen LogP contribution >= 0.6 is 0 Å². The Kier molecular flexibility index (Phi) is 7.04. The zero-order valence-corrected chi connectivity index (χ0v) is 16.0. The Morgan fingerprint density at radius 1 is 1.19 bits per heavy atom. The normalized spacial score (nSPS) is 11.5. The molecular formula is C21H26O5. The lowest BCUT2D eigenvalue weighted by Gasteiger charge is -2.17. The van der Waals surface area contributed by atoms with Crippen LogP contribution in [0, 0.1) is 0 Å². The summed E-state index contributed by atoms with van der Waals surface area (Å²) >= 11 is 0. The van der Waals surface area contributed by atoms with Crippen molar-refractivity contribution in [2.45, 2.75) is 27.2 Å². The number of carbonyl (C=O) groups excluding carboxylic acids is 1. The summed E-state index contributed by atoms with van der Waals surface area (Å²) in [6.07, 6.45) is 2.66. The van der Waals surface area contributed by atoms with Gasteiger partial charge in [-0.25, -0.2) is 4.79 Å². The standard InChI is InChI=1S/C21H26O5/c1-6-15-9-8-10-17-16(11-14(3)21(22)25-7-2)12-18(24-5)20(19(15)17)26-13-23-4/h8-12H,6-7,13H2,1-5H3/b14-11+. The Morgan fingerprint density at radius 3 is 2.58 bits per heavy atom. The number of carbonyl (C=O) groups is 1. The van der Waals surface area contributed by atoms with Gasteiger partial charge in [0.05, 0.1) is 13.7 Å². The van der Waals surface area contributed by atoms with Crippen LogP contribution in [0.3, 0.4) is 0 Å². The second-order valence-corrected chi connectivity index (χ2v) is 5.79. The van der Waals surface area contributed by atoms with Gasteiger partial charge in [-0.3, -0.25) is 0 Å². The van der Waals surface area contributed by atoms with Crippen molar-refractivity contribution in [3.63, 3.8) is 0 Å². The van der Waals surface area contributed by atoms with Crippen molar-refractivity contribution < 1.29 is 23.7 Å². The molecule has 0 aromatic heterocycles. The van der Waals surface area contributed by atoms with E-state index in [0.717, 1.165) is 28.3 Å². The average molecular weight is 358 g/mol. The van der Waals surface area contributed by atoms with Gasteiger partial charge in [-0.15, -0.1) is 0 Å². The third-order valence-electron chi connectivity index (χ3n) is 4.09. The van der Waals surface area contributed by atoms with Crippen LogP contribution in [0.5, 0.6) is 11.5 Å². The fourth-order valence-corrected chi connectivity index (χ4v) is 2.88. The maximum atomic E-state index is 12.0. The van der Waals surface area contributed by atoms with E-state index >= 15 is 0 Å². The van der Waals surface area contributed by atoms with Gasteiger partial charge in [0, 0.05) is 18.1 Å². The summed E-state index contributed by atoms with van der Waals surface area (Å²) in [4.78, 5) is 12.0. The van der Waals surface area contributed by atoms with Crippen LogP contribution in [0.2, 0.25) is 0 Å². The minimum atomic E-state index is -0.328. The van der Waals surface area contributed by atoms with Crippen molar-refractivity contribution in [1.82, 2.24) is 0 Å². The van der Waals surface area contributed by atoms with E-state index in [1.165, 1.54) is 0 Å². The fraction of sp³-hybridized carbons (Fsp3) is 0.381. The third kappa shape index (κ3) is 4.17. The first-order chi connectivity index (χ1) is 12.6. The van der Waals surface area contributed by atoms with Crippen molar-refractivity contribution in [2.75, 3.05) is 27.6 Å². The SMILES string of the molecule is CCOC(=O)/C(C)=C/c1cc(OC)c(OCOC)c2c(CC)cccc12. The molecule has 2 rings (SSSR count). The molecule has 2 aromatic carbocycles. The van der Waals surface area contributed by atoms with E-state index in [2.05, 4.69) is 13.0 Å². The van der Waals surface area contributed by atoms with E-state index in [-0.39, 0.29) is 12.8 Å². The van der Waals surface area contributed by atoms with Gasteiger partial charge >= 0.3 is 5.97 Å². The molecule has 0 amide bonds. The highest BCUT2D eigenvalue weighted by molar-refractivity contribution is 6.02. The predicted molar refractivity (Wildman–Crippen MR) is 103 cm³/mol. The molecule has 5 nitrogen and oxygen atoms in total. The maximum absolute atomic E-state index is 12.0. The van der Waals surface area contributed by atoms with Gasteiger partial charge in [0.1, 0.15) is 0 Å². The Hall–Kier alpha value is -2.53. The monoisotopic (exact) mass is 358 g/mol. The summed E-state index contributed by atoms with van der Waals surface area (Å²) in [6.45, 7) is 6.10. The van der Waals surface area contributed by atoms with Crippen molar-refractivity contribution in [3.8, 4) is 11.5 Å².